The van der Waals surface area contributed by atoms with Gasteiger partial charge >= 0.3 is 5.97 Å². The zero-order valence-corrected chi connectivity index (χ0v) is 19.4. The summed E-state index contributed by atoms with van der Waals surface area (Å²) < 4.78 is 8.10. The molecular weight excluding hydrogens is 469 g/mol. The van der Waals surface area contributed by atoms with E-state index in [9.17, 15) is 9.59 Å². The molecule has 1 atom stereocenters. The van der Waals surface area contributed by atoms with Crippen molar-refractivity contribution in [3.05, 3.63) is 44.9 Å². The van der Waals surface area contributed by atoms with Gasteiger partial charge in [0.15, 0.2) is 4.34 Å². The van der Waals surface area contributed by atoms with E-state index in [1.165, 1.54) is 30.2 Å². The Bertz CT molecular complexity index is 912. The van der Waals surface area contributed by atoms with Gasteiger partial charge < -0.3 is 9.84 Å². The first-order chi connectivity index (χ1) is 14.3. The van der Waals surface area contributed by atoms with Crippen LogP contribution in [0.2, 0.25) is 10.0 Å². The number of hydrogen-bond acceptors (Lipinski definition) is 7. The number of halogens is 2. The Kier molecular flexibility index (Phi) is 8.38. The zero-order valence-electron chi connectivity index (χ0n) is 16.2. The molecule has 1 fully saturated rings. The molecule has 0 saturated carbocycles. The Labute approximate surface area is 193 Å². The van der Waals surface area contributed by atoms with Crippen LogP contribution >= 0.6 is 46.5 Å². The topological polar surface area (TPSA) is 83.0 Å². The number of thiazole rings is 1. The van der Waals surface area contributed by atoms with Gasteiger partial charge in [-0.2, -0.15) is 0 Å². The van der Waals surface area contributed by atoms with Crippen LogP contribution in [0, 0.1) is 0 Å². The number of benzene rings is 1. The molecule has 11 heteroatoms. The second-order valence-corrected chi connectivity index (χ2v) is 9.78. The first-order valence-corrected chi connectivity index (χ1v) is 11.6. The summed E-state index contributed by atoms with van der Waals surface area (Å²) >= 11 is 14.8. The molecule has 30 heavy (non-hydrogen) atoms. The van der Waals surface area contributed by atoms with Gasteiger partial charge in [0.25, 0.3) is 0 Å². The number of rotatable bonds is 8. The van der Waals surface area contributed by atoms with Gasteiger partial charge in [0.1, 0.15) is 0 Å². The van der Waals surface area contributed by atoms with Crippen LogP contribution in [0.25, 0.3) is 0 Å². The van der Waals surface area contributed by atoms with E-state index >= 15 is 0 Å². The van der Waals surface area contributed by atoms with E-state index in [2.05, 4.69) is 9.88 Å². The summed E-state index contributed by atoms with van der Waals surface area (Å²) in [6.45, 7) is 4.56. The number of aliphatic carboxylic acids is 1. The van der Waals surface area contributed by atoms with Gasteiger partial charge in [0.2, 0.25) is 5.91 Å². The van der Waals surface area contributed by atoms with Gasteiger partial charge in [-0.05, 0) is 17.7 Å². The largest absolute Gasteiger partial charge is 0.481 e. The lowest BCUT2D eigenvalue weighted by molar-refractivity contribution is -0.136. The molecule has 0 radical (unpaired) electrons. The fourth-order valence-electron chi connectivity index (χ4n) is 3.00. The summed E-state index contributed by atoms with van der Waals surface area (Å²) in [6, 6.07) is 5.47. The van der Waals surface area contributed by atoms with E-state index in [4.69, 9.17) is 33.0 Å². The molecule has 162 valence electrons. The fourth-order valence-corrected chi connectivity index (χ4v) is 5.31. The van der Waals surface area contributed by atoms with Gasteiger partial charge in [-0.15, -0.1) is 11.3 Å². The molecule has 3 rings (SSSR count). The molecule has 1 amide bonds. The number of morpholine rings is 1. The maximum Gasteiger partial charge on any atom is 0.309 e. The SMILES string of the molecule is CC(=O)N(C[C@@H]1CN(Cc2ccc(Cl)cc2Cl)CCO1)Sc1nc(CC(=O)O)cs1. The highest BCUT2D eigenvalue weighted by molar-refractivity contribution is 7.99. The Morgan fingerprint density at radius 2 is 2.23 bits per heavy atom. The summed E-state index contributed by atoms with van der Waals surface area (Å²) in [6.07, 6.45) is -0.287. The number of aromatic nitrogens is 1. The van der Waals surface area contributed by atoms with Gasteiger partial charge in [0.05, 0.1) is 31.4 Å². The first-order valence-electron chi connectivity index (χ1n) is 9.20. The second-order valence-electron chi connectivity index (χ2n) is 6.81. The molecule has 7 nitrogen and oxygen atoms in total. The molecule has 0 bridgehead atoms. The van der Waals surface area contributed by atoms with Crippen LogP contribution in [0.5, 0.6) is 0 Å². The summed E-state index contributed by atoms with van der Waals surface area (Å²) in [5.41, 5.74) is 1.48. The van der Waals surface area contributed by atoms with Crippen LogP contribution in [-0.4, -0.2) is 63.5 Å². The Balaban J connectivity index is 1.58. The third kappa shape index (κ3) is 6.83. The van der Waals surface area contributed by atoms with Gasteiger partial charge in [-0.3, -0.25) is 18.8 Å². The monoisotopic (exact) mass is 489 g/mol. The predicted octanol–water partition coefficient (Wildman–Crippen LogP) is 3.83. The Morgan fingerprint density at radius 1 is 1.43 bits per heavy atom. The lowest BCUT2D eigenvalue weighted by Gasteiger charge is -2.35. The van der Waals surface area contributed by atoms with Crippen molar-refractivity contribution in [3.8, 4) is 0 Å². The maximum atomic E-state index is 12.1. The summed E-state index contributed by atoms with van der Waals surface area (Å²) in [5.74, 6) is -1.05. The highest BCUT2D eigenvalue weighted by Crippen LogP contribution is 2.28. The lowest BCUT2D eigenvalue weighted by atomic mass is 10.2. The molecule has 2 heterocycles. The Hall–Kier alpha value is -1.36. The van der Waals surface area contributed by atoms with Crippen LogP contribution in [-0.2, 0) is 27.3 Å². The zero-order chi connectivity index (χ0) is 21.7. The van der Waals surface area contributed by atoms with Crippen LogP contribution < -0.4 is 0 Å². The number of hydrogen-bond donors (Lipinski definition) is 1. The van der Waals surface area contributed by atoms with Crippen LogP contribution in [0.4, 0.5) is 0 Å². The number of ether oxygens (including phenoxy) is 1. The predicted molar refractivity (Wildman–Crippen MR) is 118 cm³/mol. The third-order valence-corrected chi connectivity index (χ3v) is 7.06. The summed E-state index contributed by atoms with van der Waals surface area (Å²) in [7, 11) is 0. The number of carbonyl (C=O) groups excluding carboxylic acids is 1. The van der Waals surface area contributed by atoms with Crippen LogP contribution in [0.3, 0.4) is 0 Å². The van der Waals surface area contributed by atoms with Gasteiger partial charge in [0, 0.05) is 53.9 Å². The van der Waals surface area contributed by atoms with E-state index in [1.54, 1.807) is 15.8 Å². The second kappa shape index (κ2) is 10.8. The average molecular weight is 490 g/mol. The maximum absolute atomic E-state index is 12.1. The quantitative estimate of drug-likeness (QED) is 0.563. The normalized spacial score (nSPS) is 17.1. The molecular formula is C19H21Cl2N3O4S2. The first kappa shape index (κ1) is 23.3. The number of carbonyl (C=O) groups is 2. The third-order valence-electron chi connectivity index (χ3n) is 4.40. The van der Waals surface area contributed by atoms with E-state index in [0.29, 0.717) is 46.3 Å². The van der Waals surface area contributed by atoms with E-state index in [1.807, 2.05) is 12.1 Å². The standard InChI is InChI=1S/C19H21Cl2N3O4S2/c1-12(25)24(30-19-22-15(11-29-19)7-18(26)27)10-16-9-23(4-5-28-16)8-13-2-3-14(20)6-17(13)21/h2-3,6,11,16H,4-5,7-10H2,1H3,(H,26,27)/t16-/m0/s1. The number of amides is 1. The number of carboxylic acids is 1. The highest BCUT2D eigenvalue weighted by Gasteiger charge is 2.25. The molecule has 2 aromatic rings. The Morgan fingerprint density at radius 3 is 2.93 bits per heavy atom. The summed E-state index contributed by atoms with van der Waals surface area (Å²) in [5, 5.41) is 11.8. The molecule has 1 aromatic carbocycles. The minimum absolute atomic E-state index is 0.114. The van der Waals surface area contributed by atoms with Crippen molar-refractivity contribution in [2.75, 3.05) is 26.2 Å². The van der Waals surface area contributed by atoms with Crippen molar-refractivity contribution in [2.45, 2.75) is 30.3 Å². The van der Waals surface area contributed by atoms with Crippen molar-refractivity contribution in [1.29, 1.82) is 0 Å². The molecule has 1 aromatic heterocycles. The smallest absolute Gasteiger partial charge is 0.309 e. The number of nitrogens with zero attached hydrogens (tertiary/aromatic N) is 3. The van der Waals surface area contributed by atoms with Crippen LogP contribution in [0.1, 0.15) is 18.2 Å². The van der Waals surface area contributed by atoms with E-state index in [0.717, 1.165) is 12.1 Å². The molecule has 0 unspecified atom stereocenters. The average Bonchev–Trinajstić information content (AvgIpc) is 3.10. The molecule has 1 aliphatic rings. The molecule has 1 aliphatic heterocycles. The fraction of sp³-hybridized carbons (Fsp3) is 0.421. The van der Waals surface area contributed by atoms with Gasteiger partial charge in [-0.25, -0.2) is 4.98 Å². The van der Waals surface area contributed by atoms with Crippen molar-refractivity contribution in [2.24, 2.45) is 0 Å². The van der Waals surface area contributed by atoms with E-state index in [-0.39, 0.29) is 18.4 Å². The van der Waals surface area contributed by atoms with Crippen molar-refractivity contribution >= 4 is 58.4 Å². The van der Waals surface area contributed by atoms with Gasteiger partial charge in [-0.1, -0.05) is 29.3 Å². The van der Waals surface area contributed by atoms with E-state index < -0.39 is 5.97 Å². The highest BCUT2D eigenvalue weighted by atomic mass is 35.5. The van der Waals surface area contributed by atoms with Crippen LogP contribution in [0.15, 0.2) is 27.9 Å². The van der Waals surface area contributed by atoms with Crippen molar-refractivity contribution < 1.29 is 19.4 Å². The molecule has 0 spiro atoms. The summed E-state index contributed by atoms with van der Waals surface area (Å²) in [4.78, 5) is 29.5. The minimum Gasteiger partial charge on any atom is -0.481 e. The van der Waals surface area contributed by atoms with Crippen molar-refractivity contribution in [1.82, 2.24) is 14.2 Å². The molecule has 0 aliphatic carbocycles. The van der Waals surface area contributed by atoms with Crippen molar-refractivity contribution in [3.63, 3.8) is 0 Å². The lowest BCUT2D eigenvalue weighted by Crippen LogP contribution is -2.46. The number of carboxylic acid groups (broad SMARTS) is 1. The molecule has 1 saturated heterocycles. The minimum atomic E-state index is -0.934. The molecule has 1 N–H and O–H groups in total.